The number of nitrogens with one attached hydrogen (secondary N) is 2. The highest BCUT2D eigenvalue weighted by Gasteiger charge is 2.35. The number of carbonyl (C=O) groups excluding carboxylic acids is 4. The Hall–Kier alpha value is -6.97. The van der Waals surface area contributed by atoms with Crippen molar-refractivity contribution in [3.05, 3.63) is 64.3 Å². The molecule has 7 heterocycles. The fraction of sp³-hybridized carbons (Fsp3) is 0.738. The number of nitrogens with zero attached hydrogens (tertiary/aromatic N) is 12. The lowest BCUT2D eigenvalue weighted by atomic mass is 9.86. The molecule has 0 bridgehead atoms. The van der Waals surface area contributed by atoms with Crippen LogP contribution in [0.15, 0.2) is 34.0 Å². The predicted molar refractivity (Wildman–Crippen MR) is 374 cm³/mol. The van der Waals surface area contributed by atoms with Gasteiger partial charge in [0, 0.05) is 39.3 Å². The van der Waals surface area contributed by atoms with Crippen LogP contribution in [-0.2, 0) is 66.6 Å². The van der Waals surface area contributed by atoms with Crippen LogP contribution in [0.5, 0.6) is 0 Å². The molecule has 4 aromatic rings. The third-order valence-corrected chi connectivity index (χ3v) is 18.8. The first-order valence-electron chi connectivity index (χ1n) is 31.4. The molecular weight excluding hydrogens is 1450 g/mol. The topological polar surface area (TPSA) is 432 Å². The highest BCUT2D eigenvalue weighted by molar-refractivity contribution is 9.10. The van der Waals surface area contributed by atoms with Crippen molar-refractivity contribution >= 4 is 100 Å². The first kappa shape index (κ1) is 88.1. The third-order valence-electron chi connectivity index (χ3n) is 17.1. The quantitative estimate of drug-likeness (QED) is 0.0348. The SMILES string of the molecule is C.C.C.C.C1COCCN1.COC(=O)C1CCC(OS(C)(=O)=O)CC1.COC(=O)C1CCC(n2cc(N)c(N3CCOCC3)n2)CC1.COC(=O)C1CCC(n2cc([N+](=O)[O-])c(Br)n2)CC1.COC(=O)C1CCC(n2cc([N+](=O)[O-])c(N3CCOCC3)n2)CC1.O=[N+]([O-])c1cn[nH]c1Br. The van der Waals surface area contributed by atoms with Gasteiger partial charge < -0.3 is 54.0 Å². The summed E-state index contributed by atoms with van der Waals surface area (Å²) in [5.41, 5.74) is 6.81. The van der Waals surface area contributed by atoms with Gasteiger partial charge in [-0.05, 0) is 135 Å². The van der Waals surface area contributed by atoms with Crippen molar-refractivity contribution in [2.24, 2.45) is 23.7 Å². The lowest BCUT2D eigenvalue weighted by Gasteiger charge is -2.28. The first-order chi connectivity index (χ1) is 45.4. The Kier molecular flexibility index (Phi) is 39.4. The van der Waals surface area contributed by atoms with Crippen LogP contribution in [0.25, 0.3) is 0 Å². The number of anilines is 3. The fourth-order valence-corrected chi connectivity index (χ4v) is 13.4. The van der Waals surface area contributed by atoms with Gasteiger partial charge >= 0.3 is 40.9 Å². The Bertz CT molecular complexity index is 3200. The van der Waals surface area contributed by atoms with Crippen molar-refractivity contribution in [1.82, 2.24) is 44.9 Å². The molecule has 38 heteroatoms. The third kappa shape index (κ3) is 27.5. The molecule has 4 aliphatic carbocycles. The summed E-state index contributed by atoms with van der Waals surface area (Å²) in [6.45, 7) is 9.24. The van der Waals surface area contributed by atoms with Gasteiger partial charge in [-0.3, -0.25) is 72.8 Å². The number of nitrogen functional groups attached to an aromatic ring is 1. The lowest BCUT2D eigenvalue weighted by Crippen LogP contribution is -2.37. The van der Waals surface area contributed by atoms with Gasteiger partial charge in [0.25, 0.3) is 10.1 Å². The van der Waals surface area contributed by atoms with Gasteiger partial charge in [0.15, 0.2) is 10.4 Å². The highest BCUT2D eigenvalue weighted by atomic mass is 79.9. The molecule has 11 rings (SSSR count). The van der Waals surface area contributed by atoms with E-state index in [-0.39, 0.29) is 122 Å². The van der Waals surface area contributed by atoms with Crippen LogP contribution in [-0.4, -0.2) is 206 Å². The number of esters is 4. The molecule has 4 N–H and O–H groups in total. The van der Waals surface area contributed by atoms with Crippen molar-refractivity contribution in [3.8, 4) is 0 Å². The molecule has 99 heavy (non-hydrogen) atoms. The molecular formula is C61H103Br2N15O20S. The summed E-state index contributed by atoms with van der Waals surface area (Å²) >= 11 is 5.99. The van der Waals surface area contributed by atoms with Crippen LogP contribution in [0.4, 0.5) is 34.4 Å². The molecule has 3 saturated heterocycles. The Morgan fingerprint density at radius 1 is 0.525 bits per heavy atom. The van der Waals surface area contributed by atoms with Crippen LogP contribution in [0, 0.1) is 54.0 Å². The van der Waals surface area contributed by atoms with Crippen LogP contribution in [0.2, 0.25) is 0 Å². The standard InChI is InChI=1S/C15H22N4O5.C15H24N4O3.C11H14BrN3O4.C9H16O5S.C4H9NO.C3H2BrN3O2.4CH4/c1-23-15(20)11-2-4-12(5-3-11)18-10-13(19(21)22)14(16-18)17-6-8-24-9-7-17;1-21-15(20)11-2-4-12(5-3-11)19-10-13(16)14(17-19)18-6-8-22-9-7-18;1-19-11(16)7-2-4-8(5-3-7)14-6-9(15(17)18)10(12)13-14;1-13-9(10)7-3-5-8(6-4-7)14-15(2,11)12;1-3-6-4-2-5-1;4-3-2(7(8)9)1-5-6-3;;;;/h10-12H,2-9H2,1H3;10-12H,2-9,16H2,1H3;6-8H,2-5H2,1H3;7-8H,3-6H2,1-2H3;5H,1-4H2;1H,(H,5,6);4*1H4. The van der Waals surface area contributed by atoms with Gasteiger partial charge in [-0.1, -0.05) is 29.7 Å². The number of halogens is 2. The number of hydrogen-bond acceptors (Lipinski definition) is 28. The molecule has 4 aromatic heterocycles. The smallest absolute Gasteiger partial charge is 0.330 e. The summed E-state index contributed by atoms with van der Waals surface area (Å²) < 4.78 is 67.1. The first-order valence-corrected chi connectivity index (χ1v) is 34.8. The number of H-pyrrole nitrogens is 1. The minimum Gasteiger partial charge on any atom is -0.469 e. The average Bonchev–Trinajstić information content (AvgIpc) is 1.69. The molecule has 0 unspecified atom stereocenters. The average molecular weight is 1560 g/mol. The van der Waals surface area contributed by atoms with E-state index >= 15 is 0 Å². The number of rotatable bonds is 14. The Labute approximate surface area is 595 Å². The van der Waals surface area contributed by atoms with Crippen molar-refractivity contribution in [1.29, 1.82) is 0 Å². The molecule has 0 atom stereocenters. The van der Waals surface area contributed by atoms with Crippen molar-refractivity contribution in [2.45, 2.75) is 157 Å². The molecule has 3 aliphatic heterocycles. The Morgan fingerprint density at radius 2 is 0.869 bits per heavy atom. The Morgan fingerprint density at radius 3 is 1.18 bits per heavy atom. The van der Waals surface area contributed by atoms with E-state index < -0.39 is 20.0 Å². The minimum atomic E-state index is -3.38. The summed E-state index contributed by atoms with van der Waals surface area (Å²) in [7, 11) is 2.23. The van der Waals surface area contributed by atoms with E-state index in [4.69, 9.17) is 43.4 Å². The summed E-state index contributed by atoms with van der Waals surface area (Å²) in [6, 6.07) is 0.503. The molecule has 7 fully saturated rings. The van der Waals surface area contributed by atoms with Gasteiger partial charge in [-0.15, -0.1) is 5.10 Å². The monoisotopic (exact) mass is 1560 g/mol. The van der Waals surface area contributed by atoms with E-state index in [1.165, 1.54) is 40.8 Å². The zero-order valence-corrected chi connectivity index (χ0v) is 58.0. The fourth-order valence-electron chi connectivity index (χ4n) is 11.9. The number of nitro groups is 3. The second kappa shape index (κ2) is 44.3. The van der Waals surface area contributed by atoms with Gasteiger partial charge in [-0.25, -0.2) is 0 Å². The van der Waals surface area contributed by atoms with E-state index in [0.717, 1.165) is 154 Å². The van der Waals surface area contributed by atoms with Crippen LogP contribution < -0.4 is 20.9 Å². The molecule has 35 nitrogen and oxygen atoms in total. The number of carbonyl (C=O) groups is 4. The second-order valence-electron chi connectivity index (χ2n) is 23.3. The van der Waals surface area contributed by atoms with E-state index in [1.54, 1.807) is 9.36 Å². The van der Waals surface area contributed by atoms with Crippen LogP contribution in [0.3, 0.4) is 0 Å². The maximum atomic E-state index is 11.6. The zero-order valence-electron chi connectivity index (χ0n) is 54.0. The van der Waals surface area contributed by atoms with Gasteiger partial charge in [0.1, 0.15) is 18.6 Å². The van der Waals surface area contributed by atoms with Crippen LogP contribution >= 0.6 is 31.9 Å². The van der Waals surface area contributed by atoms with Crippen molar-refractivity contribution < 1.29 is 79.7 Å². The molecule has 0 aromatic carbocycles. The number of morpholine rings is 3. The molecule has 4 saturated carbocycles. The van der Waals surface area contributed by atoms with E-state index in [0.29, 0.717) is 68.4 Å². The highest BCUT2D eigenvalue weighted by Crippen LogP contribution is 2.39. The summed E-state index contributed by atoms with van der Waals surface area (Å²) in [6.07, 6.45) is 18.8. The zero-order chi connectivity index (χ0) is 69.2. The second-order valence-corrected chi connectivity index (χ2v) is 26.4. The minimum absolute atomic E-state index is 0. The van der Waals surface area contributed by atoms with Crippen molar-refractivity contribution in [3.63, 3.8) is 0 Å². The number of ether oxygens (including phenoxy) is 7. The lowest BCUT2D eigenvalue weighted by molar-refractivity contribution is -0.385. The molecule has 562 valence electrons. The maximum absolute atomic E-state index is 11.6. The number of aromatic amines is 1. The normalized spacial score (nSPS) is 22.6. The van der Waals surface area contributed by atoms with Crippen LogP contribution in [0.1, 0.15) is 151 Å². The molecule has 0 spiro atoms. The van der Waals surface area contributed by atoms with Gasteiger partial charge in [0.05, 0.1) is 149 Å². The summed E-state index contributed by atoms with van der Waals surface area (Å²) in [5.74, 6) is 0.421. The molecule has 0 amide bonds. The number of aromatic nitrogens is 8. The van der Waals surface area contributed by atoms with E-state index in [9.17, 15) is 57.9 Å². The van der Waals surface area contributed by atoms with E-state index in [2.05, 4.69) is 67.2 Å². The molecule has 0 radical (unpaired) electrons. The number of nitrogens with two attached hydrogens (primary N) is 1. The van der Waals surface area contributed by atoms with E-state index in [1.807, 2.05) is 15.8 Å². The van der Waals surface area contributed by atoms with Gasteiger partial charge in [-0.2, -0.15) is 23.7 Å². The number of methoxy groups -OCH3 is 4. The number of hydrogen-bond donors (Lipinski definition) is 3. The van der Waals surface area contributed by atoms with Gasteiger partial charge in [0.2, 0.25) is 10.4 Å². The Balaban J connectivity index is 0.000000417. The molecule has 7 aliphatic rings. The largest absolute Gasteiger partial charge is 0.469 e. The summed E-state index contributed by atoms with van der Waals surface area (Å²) in [5, 5.41) is 54.4. The summed E-state index contributed by atoms with van der Waals surface area (Å²) in [4.78, 5) is 80.6. The maximum Gasteiger partial charge on any atom is 0.330 e. The predicted octanol–water partition coefficient (Wildman–Crippen LogP) is 9.12. The van der Waals surface area contributed by atoms with Crippen molar-refractivity contribution in [2.75, 3.05) is 129 Å².